The Kier molecular flexibility index (Phi) is 9.23. The summed E-state index contributed by atoms with van der Waals surface area (Å²) in [5.74, 6) is -2.53. The minimum Gasteiger partial charge on any atom is -0.462 e. The first-order valence-corrected chi connectivity index (χ1v) is 12.5. The number of benzene rings is 3. The van der Waals surface area contributed by atoms with Crippen LogP contribution in [0.15, 0.2) is 72.8 Å². The second-order valence-corrected chi connectivity index (χ2v) is 8.70. The van der Waals surface area contributed by atoms with Crippen LogP contribution in [-0.2, 0) is 32.2 Å². The summed E-state index contributed by atoms with van der Waals surface area (Å²) in [6, 6.07) is 19.7. The molecule has 0 spiro atoms. The summed E-state index contributed by atoms with van der Waals surface area (Å²) in [6.07, 6.45) is 2.77. The molecule has 38 heavy (non-hydrogen) atoms. The molecule has 0 aromatic heterocycles. The molecule has 0 unspecified atom stereocenters. The highest BCUT2D eigenvalue weighted by molar-refractivity contribution is 6.03. The molecule has 196 valence electrons. The highest BCUT2D eigenvalue weighted by Crippen LogP contribution is 2.18. The quantitative estimate of drug-likeness (QED) is 0.293. The van der Waals surface area contributed by atoms with Crippen molar-refractivity contribution in [2.75, 3.05) is 13.2 Å². The molecule has 0 N–H and O–H groups in total. The molecule has 0 saturated carbocycles. The van der Waals surface area contributed by atoms with Crippen molar-refractivity contribution in [1.29, 1.82) is 0 Å². The van der Waals surface area contributed by atoms with E-state index in [4.69, 9.17) is 18.9 Å². The summed E-state index contributed by atoms with van der Waals surface area (Å²) >= 11 is 0. The Morgan fingerprint density at radius 3 is 1.08 bits per heavy atom. The van der Waals surface area contributed by atoms with Crippen LogP contribution >= 0.6 is 0 Å². The fourth-order valence-corrected chi connectivity index (χ4v) is 4.00. The predicted octanol–water partition coefficient (Wildman–Crippen LogP) is 5.29. The zero-order valence-corrected chi connectivity index (χ0v) is 20.9. The van der Waals surface area contributed by atoms with Crippen molar-refractivity contribution in [1.82, 2.24) is 0 Å². The summed E-state index contributed by atoms with van der Waals surface area (Å²) in [7, 11) is 0. The van der Waals surface area contributed by atoms with Gasteiger partial charge in [0.1, 0.15) is 13.2 Å². The van der Waals surface area contributed by atoms with Gasteiger partial charge in [-0.25, -0.2) is 19.2 Å². The van der Waals surface area contributed by atoms with Crippen LogP contribution in [-0.4, -0.2) is 37.1 Å². The van der Waals surface area contributed by atoms with Gasteiger partial charge < -0.3 is 18.9 Å². The van der Waals surface area contributed by atoms with Crippen LogP contribution in [0, 0.1) is 0 Å². The van der Waals surface area contributed by atoms with Crippen LogP contribution < -0.4 is 0 Å². The number of carbonyl (C=O) groups excluding carboxylic acids is 4. The minimum absolute atomic E-state index is 0.0984. The fourth-order valence-electron chi connectivity index (χ4n) is 4.00. The predicted molar refractivity (Wildman–Crippen MR) is 137 cm³/mol. The molecule has 0 radical (unpaired) electrons. The van der Waals surface area contributed by atoms with Gasteiger partial charge in [-0.2, -0.15) is 0 Å². The summed E-state index contributed by atoms with van der Waals surface area (Å²) in [5, 5.41) is 0. The molecular formula is C30H28O8. The molecule has 0 amide bonds. The lowest BCUT2D eigenvalue weighted by molar-refractivity contribution is 0.0411. The molecule has 0 fully saturated rings. The van der Waals surface area contributed by atoms with Crippen LogP contribution in [0.1, 0.15) is 78.2 Å². The molecule has 1 aliphatic rings. The molecule has 0 atom stereocenters. The van der Waals surface area contributed by atoms with E-state index in [0.717, 1.165) is 12.8 Å². The van der Waals surface area contributed by atoms with Crippen molar-refractivity contribution >= 4 is 23.9 Å². The van der Waals surface area contributed by atoms with Crippen molar-refractivity contribution < 1.29 is 38.1 Å². The standard InChI is InChI=1S/C30H28O8/c31-27-23-13-5-7-15-25(23)29(33)37-19-21-11-3-4-12-22(21)20-38-30(34)26-16-8-6-14-24(26)28(32)36-18-10-2-1-9-17-35-27/h3-8,11-16H,1-2,9-10,17-20H2. The van der Waals surface area contributed by atoms with E-state index in [-0.39, 0.29) is 48.7 Å². The Morgan fingerprint density at radius 1 is 0.395 bits per heavy atom. The molecular weight excluding hydrogens is 488 g/mol. The second kappa shape index (κ2) is 13.2. The molecule has 8 nitrogen and oxygen atoms in total. The Hall–Kier alpha value is -4.46. The van der Waals surface area contributed by atoms with Crippen LogP contribution in [0.3, 0.4) is 0 Å². The zero-order valence-electron chi connectivity index (χ0n) is 20.9. The van der Waals surface area contributed by atoms with E-state index in [9.17, 15) is 19.2 Å². The van der Waals surface area contributed by atoms with Gasteiger partial charge in [-0.05, 0) is 61.1 Å². The number of ether oxygens (including phenoxy) is 4. The lowest BCUT2D eigenvalue weighted by Crippen LogP contribution is -2.16. The van der Waals surface area contributed by atoms with E-state index in [2.05, 4.69) is 0 Å². The van der Waals surface area contributed by atoms with E-state index in [1.54, 1.807) is 48.5 Å². The van der Waals surface area contributed by atoms with Gasteiger partial charge in [-0.1, -0.05) is 48.5 Å². The topological polar surface area (TPSA) is 105 Å². The first-order valence-electron chi connectivity index (χ1n) is 12.5. The minimum atomic E-state index is -0.668. The first kappa shape index (κ1) is 26.6. The van der Waals surface area contributed by atoms with Crippen LogP contribution in [0.4, 0.5) is 0 Å². The van der Waals surface area contributed by atoms with Gasteiger partial charge in [0.05, 0.1) is 35.5 Å². The van der Waals surface area contributed by atoms with Gasteiger partial charge >= 0.3 is 23.9 Å². The molecule has 1 aliphatic heterocycles. The maximum Gasteiger partial charge on any atom is 0.339 e. The largest absolute Gasteiger partial charge is 0.462 e. The summed E-state index contributed by atoms with van der Waals surface area (Å²) in [5.41, 5.74) is 1.75. The number of hydrogen-bond donors (Lipinski definition) is 0. The van der Waals surface area contributed by atoms with Crippen LogP contribution in [0.25, 0.3) is 0 Å². The van der Waals surface area contributed by atoms with Gasteiger partial charge in [0.2, 0.25) is 0 Å². The number of fused-ring (bicyclic) bond motifs is 3. The van der Waals surface area contributed by atoms with Gasteiger partial charge in [0, 0.05) is 0 Å². The average molecular weight is 517 g/mol. The Labute approximate surface area is 220 Å². The molecule has 3 aromatic carbocycles. The number of hydrogen-bond acceptors (Lipinski definition) is 8. The SMILES string of the molecule is O=C1OCCCCCCOC(=O)c2ccccc2C(=O)OCc2ccccc2COC(=O)c2ccccc21. The van der Waals surface area contributed by atoms with Gasteiger partial charge in [0.25, 0.3) is 0 Å². The highest BCUT2D eigenvalue weighted by Gasteiger charge is 2.21. The van der Waals surface area contributed by atoms with E-state index in [0.29, 0.717) is 24.0 Å². The van der Waals surface area contributed by atoms with Crippen LogP contribution in [0.2, 0.25) is 0 Å². The Bertz CT molecular complexity index is 1210. The van der Waals surface area contributed by atoms with Gasteiger partial charge in [-0.15, -0.1) is 0 Å². The molecule has 1 heterocycles. The lowest BCUT2D eigenvalue weighted by atomic mass is 10.1. The maximum absolute atomic E-state index is 12.9. The third-order valence-corrected chi connectivity index (χ3v) is 6.07. The number of cyclic esters (lactones) is 4. The van der Waals surface area contributed by atoms with Crippen molar-refractivity contribution in [2.24, 2.45) is 0 Å². The average Bonchev–Trinajstić information content (AvgIpc) is 2.95. The molecule has 8 heteroatoms. The molecule has 4 rings (SSSR count). The van der Waals surface area contributed by atoms with Crippen LogP contribution in [0.5, 0.6) is 0 Å². The second-order valence-electron chi connectivity index (χ2n) is 8.70. The van der Waals surface area contributed by atoms with Crippen molar-refractivity contribution in [2.45, 2.75) is 38.9 Å². The third kappa shape index (κ3) is 6.85. The number of esters is 4. The van der Waals surface area contributed by atoms with E-state index >= 15 is 0 Å². The summed E-state index contributed by atoms with van der Waals surface area (Å²) < 4.78 is 21.8. The molecule has 0 saturated heterocycles. The highest BCUT2D eigenvalue weighted by atomic mass is 16.5. The smallest absolute Gasteiger partial charge is 0.339 e. The van der Waals surface area contributed by atoms with E-state index < -0.39 is 23.9 Å². The third-order valence-electron chi connectivity index (χ3n) is 6.07. The monoisotopic (exact) mass is 516 g/mol. The summed E-state index contributed by atoms with van der Waals surface area (Å²) in [4.78, 5) is 51.0. The normalized spacial score (nSPS) is 16.1. The van der Waals surface area contributed by atoms with Crippen molar-refractivity contribution in [3.8, 4) is 0 Å². The van der Waals surface area contributed by atoms with Crippen molar-refractivity contribution in [3.05, 3.63) is 106 Å². The van der Waals surface area contributed by atoms with E-state index in [1.807, 2.05) is 0 Å². The Morgan fingerprint density at radius 2 is 0.711 bits per heavy atom. The number of carbonyl (C=O) groups is 4. The van der Waals surface area contributed by atoms with Gasteiger partial charge in [0.15, 0.2) is 0 Å². The number of rotatable bonds is 0. The van der Waals surface area contributed by atoms with Gasteiger partial charge in [-0.3, -0.25) is 0 Å². The Balaban J connectivity index is 1.56. The molecule has 0 bridgehead atoms. The lowest BCUT2D eigenvalue weighted by Gasteiger charge is -2.13. The zero-order chi connectivity index (χ0) is 26.7. The van der Waals surface area contributed by atoms with E-state index in [1.165, 1.54) is 24.3 Å². The molecule has 3 aromatic rings. The summed E-state index contributed by atoms with van der Waals surface area (Å²) in [6.45, 7) is 0.202. The fraction of sp³-hybridized carbons (Fsp3) is 0.267. The molecule has 0 aliphatic carbocycles. The van der Waals surface area contributed by atoms with Crippen molar-refractivity contribution in [3.63, 3.8) is 0 Å². The maximum atomic E-state index is 12.9. The first-order chi connectivity index (χ1) is 18.5.